The maximum atomic E-state index is 11.5. The molecule has 0 fully saturated rings. The molecule has 15 heavy (non-hydrogen) atoms. The van der Waals surface area contributed by atoms with E-state index in [0.29, 0.717) is 19.6 Å². The molecule has 0 heterocycles. The first-order chi connectivity index (χ1) is 7.04. The van der Waals surface area contributed by atoms with E-state index in [0.717, 1.165) is 0 Å². The van der Waals surface area contributed by atoms with Gasteiger partial charge in [0.05, 0.1) is 6.61 Å². The normalized spacial score (nSPS) is 13.3. The molecule has 4 nitrogen and oxygen atoms in total. The second kappa shape index (κ2) is 7.65. The van der Waals surface area contributed by atoms with Gasteiger partial charge in [-0.15, -0.1) is 0 Å². The van der Waals surface area contributed by atoms with Crippen molar-refractivity contribution in [3.8, 4) is 0 Å². The molecule has 0 amide bonds. The average Bonchev–Trinajstić information content (AvgIpc) is 2.18. The maximum Gasteiger partial charge on any atom is 0.323 e. The monoisotopic (exact) mass is 217 g/mol. The number of hydrogen-bond acceptors (Lipinski definition) is 4. The summed E-state index contributed by atoms with van der Waals surface area (Å²) in [6.07, 6.45) is 0.682. The maximum absolute atomic E-state index is 11.5. The Morgan fingerprint density at radius 1 is 1.40 bits per heavy atom. The van der Waals surface area contributed by atoms with Crippen LogP contribution in [-0.2, 0) is 9.53 Å². The highest BCUT2D eigenvalue weighted by Gasteiger charge is 2.23. The summed E-state index contributed by atoms with van der Waals surface area (Å²) < 4.78 is 4.97. The molecular weight excluding hydrogens is 194 g/mol. The van der Waals surface area contributed by atoms with Gasteiger partial charge in [-0.1, -0.05) is 0 Å². The van der Waals surface area contributed by atoms with Crippen molar-refractivity contribution in [1.82, 2.24) is 4.90 Å². The summed E-state index contributed by atoms with van der Waals surface area (Å²) in [5.41, 5.74) is 0. The van der Waals surface area contributed by atoms with Crippen molar-refractivity contribution >= 4 is 5.97 Å². The number of hydrogen-bond donors (Lipinski definition) is 1. The van der Waals surface area contributed by atoms with E-state index in [4.69, 9.17) is 9.84 Å². The van der Waals surface area contributed by atoms with Crippen molar-refractivity contribution in [3.63, 3.8) is 0 Å². The number of nitrogens with zero attached hydrogens (tertiary/aromatic N) is 1. The molecule has 0 bridgehead atoms. The molecule has 0 aliphatic heterocycles. The van der Waals surface area contributed by atoms with Gasteiger partial charge in [-0.05, 0) is 34.1 Å². The number of rotatable bonds is 7. The summed E-state index contributed by atoms with van der Waals surface area (Å²) in [4.78, 5) is 13.6. The Balaban J connectivity index is 4.27. The van der Waals surface area contributed by atoms with E-state index in [1.54, 1.807) is 6.92 Å². The topological polar surface area (TPSA) is 49.8 Å². The fraction of sp³-hybridized carbons (Fsp3) is 0.909. The smallest absolute Gasteiger partial charge is 0.323 e. The van der Waals surface area contributed by atoms with Crippen molar-refractivity contribution in [2.45, 2.75) is 46.2 Å². The van der Waals surface area contributed by atoms with Gasteiger partial charge < -0.3 is 9.84 Å². The SMILES string of the molecule is CCOC(=O)C(C)N(CCCO)C(C)C. The highest BCUT2D eigenvalue weighted by molar-refractivity contribution is 5.75. The first-order valence-corrected chi connectivity index (χ1v) is 5.57. The molecule has 0 aliphatic rings. The van der Waals surface area contributed by atoms with Crippen molar-refractivity contribution in [3.05, 3.63) is 0 Å². The number of esters is 1. The van der Waals surface area contributed by atoms with E-state index in [-0.39, 0.29) is 24.7 Å². The van der Waals surface area contributed by atoms with Crippen LogP contribution in [-0.4, -0.2) is 47.8 Å². The van der Waals surface area contributed by atoms with Gasteiger partial charge in [0.15, 0.2) is 0 Å². The Bertz CT molecular complexity index is 183. The molecule has 0 saturated heterocycles. The third-order valence-electron chi connectivity index (χ3n) is 2.36. The van der Waals surface area contributed by atoms with E-state index in [9.17, 15) is 4.79 Å². The zero-order chi connectivity index (χ0) is 11.8. The van der Waals surface area contributed by atoms with Crippen LogP contribution in [0.5, 0.6) is 0 Å². The summed E-state index contributed by atoms with van der Waals surface area (Å²) in [6.45, 7) is 9.00. The van der Waals surface area contributed by atoms with E-state index >= 15 is 0 Å². The molecule has 0 aromatic heterocycles. The lowest BCUT2D eigenvalue weighted by atomic mass is 10.2. The second-order valence-corrected chi connectivity index (χ2v) is 3.84. The van der Waals surface area contributed by atoms with Crippen LogP contribution in [0.25, 0.3) is 0 Å². The molecule has 0 aromatic rings. The minimum atomic E-state index is -0.239. The van der Waals surface area contributed by atoms with Gasteiger partial charge in [-0.25, -0.2) is 0 Å². The van der Waals surface area contributed by atoms with Crippen LogP contribution in [0.4, 0.5) is 0 Å². The third kappa shape index (κ3) is 5.14. The number of carbonyl (C=O) groups excluding carboxylic acids is 1. The van der Waals surface area contributed by atoms with Gasteiger partial charge in [-0.3, -0.25) is 9.69 Å². The van der Waals surface area contributed by atoms with Gasteiger partial charge in [0.1, 0.15) is 6.04 Å². The van der Waals surface area contributed by atoms with E-state index < -0.39 is 0 Å². The Morgan fingerprint density at radius 2 is 2.00 bits per heavy atom. The van der Waals surface area contributed by atoms with Crippen LogP contribution in [0, 0.1) is 0 Å². The zero-order valence-corrected chi connectivity index (χ0v) is 10.2. The summed E-state index contributed by atoms with van der Waals surface area (Å²) in [5.74, 6) is -0.191. The fourth-order valence-corrected chi connectivity index (χ4v) is 1.55. The molecule has 1 N–H and O–H groups in total. The van der Waals surface area contributed by atoms with Crippen molar-refractivity contribution in [2.24, 2.45) is 0 Å². The minimum absolute atomic E-state index is 0.152. The summed E-state index contributed by atoms with van der Waals surface area (Å²) in [7, 11) is 0. The van der Waals surface area contributed by atoms with Crippen molar-refractivity contribution < 1.29 is 14.6 Å². The van der Waals surface area contributed by atoms with Crippen molar-refractivity contribution in [2.75, 3.05) is 19.8 Å². The van der Waals surface area contributed by atoms with Crippen LogP contribution in [0.15, 0.2) is 0 Å². The summed E-state index contributed by atoms with van der Waals surface area (Å²) in [5, 5.41) is 8.78. The zero-order valence-electron chi connectivity index (χ0n) is 10.2. The predicted octanol–water partition coefficient (Wildman–Crippen LogP) is 1.03. The Kier molecular flexibility index (Phi) is 7.34. The predicted molar refractivity (Wildman–Crippen MR) is 59.6 cm³/mol. The lowest BCUT2D eigenvalue weighted by molar-refractivity contribution is -0.149. The molecule has 0 saturated carbocycles. The van der Waals surface area contributed by atoms with Gasteiger partial charge in [0, 0.05) is 19.2 Å². The molecule has 0 radical (unpaired) electrons. The standard InChI is InChI=1S/C11H23NO3/c1-5-15-11(14)10(4)12(9(2)3)7-6-8-13/h9-10,13H,5-8H2,1-4H3. The van der Waals surface area contributed by atoms with Crippen LogP contribution in [0.1, 0.15) is 34.1 Å². The quantitative estimate of drug-likeness (QED) is 0.647. The Hall–Kier alpha value is -0.610. The van der Waals surface area contributed by atoms with Crippen LogP contribution in [0.2, 0.25) is 0 Å². The van der Waals surface area contributed by atoms with Crippen LogP contribution >= 0.6 is 0 Å². The summed E-state index contributed by atoms with van der Waals surface area (Å²) >= 11 is 0. The molecule has 0 spiro atoms. The number of aliphatic hydroxyl groups is 1. The summed E-state index contributed by atoms with van der Waals surface area (Å²) in [6, 6.07) is 0.0347. The number of aliphatic hydroxyl groups excluding tert-OH is 1. The van der Waals surface area contributed by atoms with Crippen molar-refractivity contribution in [1.29, 1.82) is 0 Å². The van der Waals surface area contributed by atoms with E-state index in [2.05, 4.69) is 0 Å². The van der Waals surface area contributed by atoms with Gasteiger partial charge >= 0.3 is 5.97 Å². The molecule has 1 atom stereocenters. The second-order valence-electron chi connectivity index (χ2n) is 3.84. The van der Waals surface area contributed by atoms with E-state index in [1.807, 2.05) is 25.7 Å². The lowest BCUT2D eigenvalue weighted by Crippen LogP contribution is -2.44. The third-order valence-corrected chi connectivity index (χ3v) is 2.36. The first-order valence-electron chi connectivity index (χ1n) is 5.57. The lowest BCUT2D eigenvalue weighted by Gasteiger charge is -2.30. The molecule has 0 aromatic carbocycles. The average molecular weight is 217 g/mol. The van der Waals surface area contributed by atoms with E-state index in [1.165, 1.54) is 0 Å². The largest absolute Gasteiger partial charge is 0.465 e. The Labute approximate surface area is 92.2 Å². The number of ether oxygens (including phenoxy) is 1. The Morgan fingerprint density at radius 3 is 2.40 bits per heavy atom. The molecule has 1 unspecified atom stereocenters. The highest BCUT2D eigenvalue weighted by Crippen LogP contribution is 2.08. The molecule has 90 valence electrons. The molecular formula is C11H23NO3. The first kappa shape index (κ1) is 14.4. The fourth-order valence-electron chi connectivity index (χ4n) is 1.55. The van der Waals surface area contributed by atoms with Gasteiger partial charge in [-0.2, -0.15) is 0 Å². The molecule has 0 rings (SSSR count). The molecule has 4 heteroatoms. The molecule has 0 aliphatic carbocycles. The van der Waals surface area contributed by atoms with Gasteiger partial charge in [0.2, 0.25) is 0 Å². The number of carbonyl (C=O) groups is 1. The van der Waals surface area contributed by atoms with Crippen LogP contribution in [0.3, 0.4) is 0 Å². The minimum Gasteiger partial charge on any atom is -0.465 e. The highest BCUT2D eigenvalue weighted by atomic mass is 16.5. The van der Waals surface area contributed by atoms with Crippen LogP contribution < -0.4 is 0 Å². The van der Waals surface area contributed by atoms with Gasteiger partial charge in [0.25, 0.3) is 0 Å².